The molecule has 3 rings (SSSR count). The Bertz CT molecular complexity index is 765. The quantitative estimate of drug-likeness (QED) is 0.504. The number of amides is 1. The fraction of sp³-hybridized carbons (Fsp3) is 0.409. The van der Waals surface area contributed by atoms with Gasteiger partial charge in [0.1, 0.15) is 18.1 Å². The number of benzene rings is 1. The van der Waals surface area contributed by atoms with Crippen LogP contribution in [0.3, 0.4) is 0 Å². The van der Waals surface area contributed by atoms with E-state index in [0.717, 1.165) is 57.0 Å². The molecule has 2 aromatic rings. The Kier molecular flexibility index (Phi) is 7.70. The predicted octanol–water partition coefficient (Wildman–Crippen LogP) is 3.04. The number of hydrogen-bond acceptors (Lipinski definition) is 5. The fourth-order valence-electron chi connectivity index (χ4n) is 3.11. The Morgan fingerprint density at radius 2 is 2.04 bits per heavy atom. The second-order valence-corrected chi connectivity index (χ2v) is 6.72. The third kappa shape index (κ3) is 5.97. The van der Waals surface area contributed by atoms with Crippen molar-refractivity contribution in [2.45, 2.75) is 19.4 Å². The van der Waals surface area contributed by atoms with Crippen LogP contribution in [0.1, 0.15) is 28.3 Å². The molecule has 0 spiro atoms. The van der Waals surface area contributed by atoms with Gasteiger partial charge in [0.05, 0.1) is 13.2 Å². The van der Waals surface area contributed by atoms with E-state index in [4.69, 9.17) is 13.9 Å². The fourth-order valence-corrected chi connectivity index (χ4v) is 3.11. The van der Waals surface area contributed by atoms with Gasteiger partial charge >= 0.3 is 0 Å². The molecule has 1 saturated heterocycles. The lowest BCUT2D eigenvalue weighted by atomic mass is 10.1. The van der Waals surface area contributed by atoms with Crippen LogP contribution < -0.4 is 10.1 Å². The van der Waals surface area contributed by atoms with E-state index in [9.17, 15) is 4.79 Å². The first-order valence-corrected chi connectivity index (χ1v) is 9.75. The SMILES string of the molecule is C=CCc1ccccc1OCc1ccc(C(=O)NCCCN2CCOCC2)o1. The highest BCUT2D eigenvalue weighted by molar-refractivity contribution is 5.91. The van der Waals surface area contributed by atoms with Crippen LogP contribution in [-0.4, -0.2) is 50.2 Å². The molecule has 28 heavy (non-hydrogen) atoms. The maximum atomic E-state index is 12.2. The van der Waals surface area contributed by atoms with Gasteiger partial charge in [-0.3, -0.25) is 9.69 Å². The number of allylic oxidation sites excluding steroid dienone is 1. The van der Waals surface area contributed by atoms with Gasteiger partial charge in [0.25, 0.3) is 5.91 Å². The predicted molar refractivity (Wildman–Crippen MR) is 108 cm³/mol. The smallest absolute Gasteiger partial charge is 0.286 e. The summed E-state index contributed by atoms with van der Waals surface area (Å²) in [4.78, 5) is 14.6. The summed E-state index contributed by atoms with van der Waals surface area (Å²) in [6, 6.07) is 11.3. The molecule has 0 aliphatic carbocycles. The molecule has 0 bridgehead atoms. The normalized spacial score (nSPS) is 14.6. The lowest BCUT2D eigenvalue weighted by molar-refractivity contribution is 0.0374. The van der Waals surface area contributed by atoms with Crippen molar-refractivity contribution in [2.75, 3.05) is 39.4 Å². The monoisotopic (exact) mass is 384 g/mol. The van der Waals surface area contributed by atoms with Crippen LogP contribution in [0.5, 0.6) is 5.75 Å². The number of carbonyl (C=O) groups is 1. The summed E-state index contributed by atoms with van der Waals surface area (Å²) in [5.41, 5.74) is 1.07. The van der Waals surface area contributed by atoms with Gasteiger partial charge in [-0.1, -0.05) is 24.3 Å². The molecular weight excluding hydrogens is 356 g/mol. The van der Waals surface area contributed by atoms with Crippen molar-refractivity contribution in [3.63, 3.8) is 0 Å². The Morgan fingerprint density at radius 1 is 1.21 bits per heavy atom. The Labute approximate surface area is 166 Å². The van der Waals surface area contributed by atoms with Crippen molar-refractivity contribution in [1.82, 2.24) is 10.2 Å². The van der Waals surface area contributed by atoms with Crippen LogP contribution >= 0.6 is 0 Å². The number of para-hydroxylation sites is 1. The minimum atomic E-state index is -0.194. The van der Waals surface area contributed by atoms with Gasteiger partial charge in [-0.2, -0.15) is 0 Å². The Balaban J connectivity index is 1.42. The van der Waals surface area contributed by atoms with Crippen molar-refractivity contribution in [2.24, 2.45) is 0 Å². The molecule has 1 fully saturated rings. The molecule has 1 aliphatic heterocycles. The van der Waals surface area contributed by atoms with E-state index < -0.39 is 0 Å². The number of furan rings is 1. The van der Waals surface area contributed by atoms with E-state index in [1.165, 1.54) is 0 Å². The number of carbonyl (C=O) groups excluding carboxylic acids is 1. The van der Waals surface area contributed by atoms with Gasteiger partial charge in [0.15, 0.2) is 5.76 Å². The lowest BCUT2D eigenvalue weighted by Gasteiger charge is -2.26. The summed E-state index contributed by atoms with van der Waals surface area (Å²) in [5.74, 6) is 1.53. The molecule has 0 unspecified atom stereocenters. The highest BCUT2D eigenvalue weighted by Crippen LogP contribution is 2.20. The summed E-state index contributed by atoms with van der Waals surface area (Å²) in [7, 11) is 0. The van der Waals surface area contributed by atoms with Crippen LogP contribution in [0.2, 0.25) is 0 Å². The number of hydrogen-bond donors (Lipinski definition) is 1. The molecule has 150 valence electrons. The number of rotatable bonds is 10. The third-order valence-corrected chi connectivity index (χ3v) is 4.63. The summed E-state index contributed by atoms with van der Waals surface area (Å²) < 4.78 is 16.8. The number of nitrogens with zero attached hydrogens (tertiary/aromatic N) is 1. The lowest BCUT2D eigenvalue weighted by Crippen LogP contribution is -2.38. The van der Waals surface area contributed by atoms with Crippen LogP contribution in [0.25, 0.3) is 0 Å². The zero-order valence-electron chi connectivity index (χ0n) is 16.2. The molecule has 6 nitrogen and oxygen atoms in total. The molecule has 2 heterocycles. The maximum Gasteiger partial charge on any atom is 0.286 e. The minimum absolute atomic E-state index is 0.194. The molecule has 0 saturated carbocycles. The standard InChI is InChI=1S/C22H28N2O4/c1-2-6-18-7-3-4-8-20(18)27-17-19-9-10-21(28-19)22(25)23-11-5-12-24-13-15-26-16-14-24/h2-4,7-10H,1,5-6,11-17H2,(H,23,25). The summed E-state index contributed by atoms with van der Waals surface area (Å²) >= 11 is 0. The Morgan fingerprint density at radius 3 is 2.86 bits per heavy atom. The van der Waals surface area contributed by atoms with E-state index in [1.54, 1.807) is 12.1 Å². The van der Waals surface area contributed by atoms with E-state index in [2.05, 4.69) is 16.8 Å². The van der Waals surface area contributed by atoms with Gasteiger partial charge in [-0.15, -0.1) is 6.58 Å². The molecular formula is C22H28N2O4. The van der Waals surface area contributed by atoms with Crippen molar-refractivity contribution >= 4 is 5.91 Å². The molecule has 6 heteroatoms. The van der Waals surface area contributed by atoms with Crippen molar-refractivity contribution in [3.8, 4) is 5.75 Å². The largest absolute Gasteiger partial charge is 0.485 e. The first-order valence-electron chi connectivity index (χ1n) is 9.75. The first-order chi connectivity index (χ1) is 13.8. The van der Waals surface area contributed by atoms with E-state index in [0.29, 0.717) is 18.1 Å². The van der Waals surface area contributed by atoms with Crippen molar-refractivity contribution < 1.29 is 18.7 Å². The molecule has 0 atom stereocenters. The average molecular weight is 384 g/mol. The highest BCUT2D eigenvalue weighted by atomic mass is 16.5. The zero-order chi connectivity index (χ0) is 19.6. The summed E-state index contributed by atoms with van der Waals surface area (Å²) in [5, 5.41) is 2.91. The van der Waals surface area contributed by atoms with Crippen LogP contribution in [0.4, 0.5) is 0 Å². The molecule has 1 aromatic heterocycles. The van der Waals surface area contributed by atoms with Gasteiger partial charge in [0.2, 0.25) is 0 Å². The number of nitrogens with one attached hydrogen (secondary N) is 1. The average Bonchev–Trinajstić information content (AvgIpc) is 3.21. The number of ether oxygens (including phenoxy) is 2. The molecule has 0 radical (unpaired) electrons. The van der Waals surface area contributed by atoms with Gasteiger partial charge < -0.3 is 19.2 Å². The minimum Gasteiger partial charge on any atom is -0.485 e. The van der Waals surface area contributed by atoms with Gasteiger partial charge in [-0.25, -0.2) is 0 Å². The van der Waals surface area contributed by atoms with Crippen LogP contribution in [0, 0.1) is 0 Å². The Hall–Kier alpha value is -2.57. The zero-order valence-corrected chi connectivity index (χ0v) is 16.2. The maximum absolute atomic E-state index is 12.2. The topological polar surface area (TPSA) is 63.9 Å². The second kappa shape index (κ2) is 10.7. The van der Waals surface area contributed by atoms with E-state index in [1.807, 2.05) is 30.3 Å². The van der Waals surface area contributed by atoms with E-state index in [-0.39, 0.29) is 12.5 Å². The van der Waals surface area contributed by atoms with Crippen LogP contribution in [-0.2, 0) is 17.8 Å². The molecule has 1 aromatic carbocycles. The molecule has 1 aliphatic rings. The second-order valence-electron chi connectivity index (χ2n) is 6.72. The third-order valence-electron chi connectivity index (χ3n) is 4.63. The molecule has 1 N–H and O–H groups in total. The van der Waals surface area contributed by atoms with E-state index >= 15 is 0 Å². The summed E-state index contributed by atoms with van der Waals surface area (Å²) in [6.07, 6.45) is 3.49. The van der Waals surface area contributed by atoms with Gasteiger partial charge in [-0.05, 0) is 43.1 Å². The summed E-state index contributed by atoms with van der Waals surface area (Å²) in [6.45, 7) is 9.14. The highest BCUT2D eigenvalue weighted by Gasteiger charge is 2.13. The molecule has 1 amide bonds. The van der Waals surface area contributed by atoms with Crippen molar-refractivity contribution in [3.05, 3.63) is 66.1 Å². The van der Waals surface area contributed by atoms with Crippen LogP contribution in [0.15, 0.2) is 53.5 Å². The van der Waals surface area contributed by atoms with Crippen molar-refractivity contribution in [1.29, 1.82) is 0 Å². The number of morpholine rings is 1. The first kappa shape index (κ1) is 20.2. The van der Waals surface area contributed by atoms with Gasteiger partial charge in [0, 0.05) is 19.6 Å².